The lowest BCUT2D eigenvalue weighted by atomic mass is 9.83. The van der Waals surface area contributed by atoms with Crippen LogP contribution in [-0.2, 0) is 0 Å². The van der Waals surface area contributed by atoms with Gasteiger partial charge in [-0.1, -0.05) is 18.2 Å². The molecular formula is C16H12N4O3. The summed E-state index contributed by atoms with van der Waals surface area (Å²) in [6.07, 6.45) is 0. The number of anilines is 1. The van der Waals surface area contributed by atoms with Crippen molar-refractivity contribution in [3.8, 4) is 11.8 Å². The number of hydrogen-bond donors (Lipinski definition) is 2. The minimum absolute atomic E-state index is 0.00829. The Hall–Kier alpha value is -3.53. The summed E-state index contributed by atoms with van der Waals surface area (Å²) >= 11 is 0. The maximum atomic E-state index is 10.8. The standard InChI is InChI=1S/C16H12N4O3/c17-8-13-15(9-1-4-11(5-2-9)20(21)22)12-6-3-10(18)7-14(12)23-16(13)19/h1-7,15H,18-19H2. The second-order valence-electron chi connectivity index (χ2n) is 5.07. The van der Waals surface area contributed by atoms with E-state index in [9.17, 15) is 15.4 Å². The van der Waals surface area contributed by atoms with Crippen molar-refractivity contribution >= 4 is 11.4 Å². The van der Waals surface area contributed by atoms with Crippen LogP contribution in [0.2, 0.25) is 0 Å². The number of allylic oxidation sites excluding steroid dienone is 1. The molecule has 0 aliphatic carbocycles. The molecule has 0 spiro atoms. The minimum atomic E-state index is -0.474. The number of nitrogens with zero attached hydrogens (tertiary/aromatic N) is 2. The average molecular weight is 308 g/mol. The minimum Gasteiger partial charge on any atom is -0.440 e. The van der Waals surface area contributed by atoms with Crippen molar-refractivity contribution in [2.45, 2.75) is 5.92 Å². The van der Waals surface area contributed by atoms with E-state index in [4.69, 9.17) is 16.2 Å². The summed E-state index contributed by atoms with van der Waals surface area (Å²) in [7, 11) is 0. The largest absolute Gasteiger partial charge is 0.440 e. The third kappa shape index (κ3) is 2.42. The summed E-state index contributed by atoms with van der Waals surface area (Å²) in [5.74, 6) is 0.0314. The van der Waals surface area contributed by atoms with E-state index in [0.29, 0.717) is 17.0 Å². The third-order valence-corrected chi connectivity index (χ3v) is 3.68. The molecule has 1 aliphatic heterocycles. The average Bonchev–Trinajstić information content (AvgIpc) is 2.53. The molecule has 0 saturated heterocycles. The molecule has 2 aromatic carbocycles. The highest BCUT2D eigenvalue weighted by Gasteiger charge is 2.30. The molecule has 7 heteroatoms. The van der Waals surface area contributed by atoms with Gasteiger partial charge >= 0.3 is 0 Å². The topological polar surface area (TPSA) is 128 Å². The van der Waals surface area contributed by atoms with Gasteiger partial charge in [-0.2, -0.15) is 5.26 Å². The van der Waals surface area contributed by atoms with Crippen molar-refractivity contribution in [1.82, 2.24) is 0 Å². The van der Waals surface area contributed by atoms with Crippen molar-refractivity contribution < 1.29 is 9.66 Å². The molecule has 4 N–H and O–H groups in total. The predicted octanol–water partition coefficient (Wildman–Crippen LogP) is 2.40. The van der Waals surface area contributed by atoms with E-state index in [2.05, 4.69) is 6.07 Å². The number of nitriles is 1. The van der Waals surface area contributed by atoms with Crippen LogP contribution >= 0.6 is 0 Å². The number of ether oxygens (including phenoxy) is 1. The van der Waals surface area contributed by atoms with Gasteiger partial charge in [-0.15, -0.1) is 0 Å². The Labute approximate surface area is 131 Å². The molecule has 114 valence electrons. The highest BCUT2D eigenvalue weighted by Crippen LogP contribution is 2.42. The molecule has 3 rings (SSSR count). The van der Waals surface area contributed by atoms with Gasteiger partial charge in [-0.25, -0.2) is 0 Å². The van der Waals surface area contributed by atoms with Crippen LogP contribution in [0.3, 0.4) is 0 Å². The number of rotatable bonds is 2. The number of hydrogen-bond acceptors (Lipinski definition) is 6. The molecule has 0 saturated carbocycles. The number of nitro benzene ring substituents is 1. The highest BCUT2D eigenvalue weighted by molar-refractivity contribution is 5.59. The monoisotopic (exact) mass is 308 g/mol. The molecule has 0 radical (unpaired) electrons. The fraction of sp³-hybridized carbons (Fsp3) is 0.0625. The van der Waals surface area contributed by atoms with Crippen molar-refractivity contribution in [3.63, 3.8) is 0 Å². The molecule has 0 bridgehead atoms. The Kier molecular flexibility index (Phi) is 3.35. The summed E-state index contributed by atoms with van der Waals surface area (Å²) in [5, 5.41) is 20.2. The van der Waals surface area contributed by atoms with Crippen molar-refractivity contribution in [3.05, 3.63) is 75.2 Å². The number of benzene rings is 2. The van der Waals surface area contributed by atoms with E-state index >= 15 is 0 Å². The van der Waals surface area contributed by atoms with Crippen LogP contribution in [0.5, 0.6) is 5.75 Å². The lowest BCUT2D eigenvalue weighted by Gasteiger charge is -2.26. The molecule has 1 aliphatic rings. The molecule has 7 nitrogen and oxygen atoms in total. The third-order valence-electron chi connectivity index (χ3n) is 3.68. The second-order valence-corrected chi connectivity index (χ2v) is 5.07. The molecule has 1 unspecified atom stereocenters. The molecule has 23 heavy (non-hydrogen) atoms. The predicted molar refractivity (Wildman–Crippen MR) is 83.2 cm³/mol. The maximum Gasteiger partial charge on any atom is 0.269 e. The Morgan fingerprint density at radius 2 is 1.87 bits per heavy atom. The molecule has 0 amide bonds. The first-order chi connectivity index (χ1) is 11.0. The Morgan fingerprint density at radius 3 is 2.48 bits per heavy atom. The smallest absolute Gasteiger partial charge is 0.269 e. The van der Waals surface area contributed by atoms with Crippen molar-refractivity contribution in [2.75, 3.05) is 5.73 Å². The zero-order chi connectivity index (χ0) is 16.6. The first-order valence-electron chi connectivity index (χ1n) is 6.72. The number of nitrogen functional groups attached to an aromatic ring is 1. The summed E-state index contributed by atoms with van der Waals surface area (Å²) < 4.78 is 5.48. The van der Waals surface area contributed by atoms with E-state index in [1.807, 2.05) is 0 Å². The van der Waals surface area contributed by atoms with Crippen LogP contribution in [0.15, 0.2) is 53.9 Å². The molecular weight excluding hydrogens is 296 g/mol. The lowest BCUT2D eigenvalue weighted by molar-refractivity contribution is -0.384. The number of nitro groups is 1. The van der Waals surface area contributed by atoms with Gasteiger partial charge in [0.25, 0.3) is 5.69 Å². The Balaban J connectivity index is 2.16. The maximum absolute atomic E-state index is 10.8. The van der Waals surface area contributed by atoms with Gasteiger partial charge in [0, 0.05) is 29.4 Å². The van der Waals surface area contributed by atoms with Gasteiger partial charge in [-0.3, -0.25) is 10.1 Å². The van der Waals surface area contributed by atoms with Gasteiger partial charge in [0.05, 0.1) is 10.8 Å². The van der Waals surface area contributed by atoms with Crippen LogP contribution in [0.1, 0.15) is 17.0 Å². The first-order valence-corrected chi connectivity index (χ1v) is 6.72. The van der Waals surface area contributed by atoms with Gasteiger partial charge in [0.2, 0.25) is 5.88 Å². The Morgan fingerprint density at radius 1 is 1.17 bits per heavy atom. The van der Waals surface area contributed by atoms with E-state index in [1.54, 1.807) is 30.3 Å². The summed E-state index contributed by atoms with van der Waals surface area (Å²) in [6, 6.07) is 13.2. The van der Waals surface area contributed by atoms with Gasteiger partial charge < -0.3 is 16.2 Å². The zero-order valence-corrected chi connectivity index (χ0v) is 11.9. The number of nitrogens with two attached hydrogens (primary N) is 2. The zero-order valence-electron chi connectivity index (χ0n) is 11.9. The van der Waals surface area contributed by atoms with Gasteiger partial charge in [0.1, 0.15) is 17.4 Å². The number of non-ortho nitro benzene ring substituents is 1. The molecule has 0 fully saturated rings. The second kappa shape index (κ2) is 5.35. The molecule has 0 aromatic heterocycles. The van der Waals surface area contributed by atoms with E-state index in [0.717, 1.165) is 5.56 Å². The fourth-order valence-corrected chi connectivity index (χ4v) is 2.60. The van der Waals surface area contributed by atoms with Crippen LogP contribution in [0.25, 0.3) is 0 Å². The summed E-state index contributed by atoms with van der Waals surface area (Å²) in [4.78, 5) is 10.3. The fourth-order valence-electron chi connectivity index (χ4n) is 2.60. The van der Waals surface area contributed by atoms with Crippen molar-refractivity contribution in [2.24, 2.45) is 5.73 Å². The summed E-state index contributed by atoms with van der Waals surface area (Å²) in [6.45, 7) is 0. The van der Waals surface area contributed by atoms with Gasteiger partial charge in [0.15, 0.2) is 0 Å². The lowest BCUT2D eigenvalue weighted by Crippen LogP contribution is -2.21. The van der Waals surface area contributed by atoms with E-state index < -0.39 is 10.8 Å². The molecule has 1 atom stereocenters. The SMILES string of the molecule is N#CC1=C(N)Oc2cc(N)ccc2C1c1ccc([N+](=O)[O-])cc1. The van der Waals surface area contributed by atoms with E-state index in [1.165, 1.54) is 12.1 Å². The van der Waals surface area contributed by atoms with Crippen LogP contribution < -0.4 is 16.2 Å². The van der Waals surface area contributed by atoms with Crippen molar-refractivity contribution in [1.29, 1.82) is 5.26 Å². The van der Waals surface area contributed by atoms with Gasteiger partial charge in [-0.05, 0) is 11.6 Å². The summed E-state index contributed by atoms with van der Waals surface area (Å²) in [5.41, 5.74) is 13.8. The first kappa shape index (κ1) is 14.4. The van der Waals surface area contributed by atoms with Crippen LogP contribution in [-0.4, -0.2) is 4.92 Å². The van der Waals surface area contributed by atoms with E-state index in [-0.39, 0.29) is 17.1 Å². The Bertz CT molecular complexity index is 866. The molecule has 2 aromatic rings. The quantitative estimate of drug-likeness (QED) is 0.498. The van der Waals surface area contributed by atoms with Crippen LogP contribution in [0.4, 0.5) is 11.4 Å². The highest BCUT2D eigenvalue weighted by atomic mass is 16.6. The number of fused-ring (bicyclic) bond motifs is 1. The molecule has 1 heterocycles. The normalized spacial score (nSPS) is 16.2. The van der Waals surface area contributed by atoms with Crippen LogP contribution in [0, 0.1) is 21.4 Å².